The number of aromatic amines is 1. The number of aliphatic hydroxyl groups excluding tert-OH is 1. The summed E-state index contributed by atoms with van der Waals surface area (Å²) >= 11 is 0. The van der Waals surface area contributed by atoms with Crippen LogP contribution in [0.1, 0.15) is 17.4 Å². The van der Waals surface area contributed by atoms with Crippen molar-refractivity contribution in [3.8, 4) is 0 Å². The van der Waals surface area contributed by atoms with Gasteiger partial charge in [0.15, 0.2) is 0 Å². The highest BCUT2D eigenvalue weighted by Gasteiger charge is 2.11. The van der Waals surface area contributed by atoms with Gasteiger partial charge in [0.2, 0.25) is 0 Å². The number of rotatable bonds is 3. The predicted molar refractivity (Wildman–Crippen MR) is 68.6 cm³/mol. The summed E-state index contributed by atoms with van der Waals surface area (Å²) in [5, 5.41) is 12.7. The minimum Gasteiger partial charge on any atom is -0.394 e. The van der Waals surface area contributed by atoms with Gasteiger partial charge in [0.1, 0.15) is 5.69 Å². The van der Waals surface area contributed by atoms with Crippen LogP contribution in [0.2, 0.25) is 0 Å². The number of carbonyl (C=O) groups is 1. The maximum atomic E-state index is 11.8. The van der Waals surface area contributed by atoms with Crippen LogP contribution in [0.3, 0.4) is 0 Å². The Labute approximate surface area is 103 Å². The summed E-state index contributed by atoms with van der Waals surface area (Å²) in [6.07, 6.45) is 0. The maximum Gasteiger partial charge on any atom is 0.268 e. The van der Waals surface area contributed by atoms with Crippen molar-refractivity contribution in [2.75, 3.05) is 6.61 Å². The largest absolute Gasteiger partial charge is 0.394 e. The van der Waals surface area contributed by atoms with Gasteiger partial charge in [-0.25, -0.2) is 0 Å². The van der Waals surface area contributed by atoms with Crippen molar-refractivity contribution in [3.05, 3.63) is 46.4 Å². The molecule has 18 heavy (non-hydrogen) atoms. The van der Waals surface area contributed by atoms with Gasteiger partial charge < -0.3 is 15.4 Å². The molecule has 94 valence electrons. The second-order valence-corrected chi connectivity index (χ2v) is 4.16. The third-order valence-electron chi connectivity index (χ3n) is 2.65. The molecule has 0 aliphatic rings. The molecule has 1 aromatic heterocycles. The van der Waals surface area contributed by atoms with Crippen LogP contribution in [0.15, 0.2) is 35.1 Å². The lowest BCUT2D eigenvalue weighted by Crippen LogP contribution is -2.36. The second-order valence-electron chi connectivity index (χ2n) is 4.16. The number of nitrogens with one attached hydrogen (secondary N) is 2. The van der Waals surface area contributed by atoms with Gasteiger partial charge in [-0.15, -0.1) is 0 Å². The normalized spacial score (nSPS) is 12.3. The van der Waals surface area contributed by atoms with Crippen molar-refractivity contribution in [3.63, 3.8) is 0 Å². The number of fused-ring (bicyclic) bond motifs is 1. The topological polar surface area (TPSA) is 82.2 Å². The van der Waals surface area contributed by atoms with Gasteiger partial charge in [-0.1, -0.05) is 18.2 Å². The van der Waals surface area contributed by atoms with Crippen LogP contribution < -0.4 is 10.9 Å². The minimum absolute atomic E-state index is 0.149. The molecule has 5 nitrogen and oxygen atoms in total. The molecule has 2 aromatic rings. The van der Waals surface area contributed by atoms with Crippen LogP contribution in [-0.2, 0) is 0 Å². The van der Waals surface area contributed by atoms with E-state index in [-0.39, 0.29) is 23.9 Å². The fourth-order valence-electron chi connectivity index (χ4n) is 1.68. The van der Waals surface area contributed by atoms with Gasteiger partial charge in [-0.3, -0.25) is 9.59 Å². The Morgan fingerprint density at radius 3 is 2.89 bits per heavy atom. The standard InChI is InChI=1S/C13H14N2O3/c1-8(7-16)14-13(18)11-6-9-4-2-3-5-10(9)12(17)15-11/h2-6,8,16H,7H2,1H3,(H,14,18)(H,15,17)/t8-/m0/s1. The van der Waals surface area contributed by atoms with Crippen molar-refractivity contribution < 1.29 is 9.90 Å². The van der Waals surface area contributed by atoms with E-state index in [9.17, 15) is 9.59 Å². The lowest BCUT2D eigenvalue weighted by molar-refractivity contribution is 0.0917. The number of hydrogen-bond acceptors (Lipinski definition) is 3. The summed E-state index contributed by atoms with van der Waals surface area (Å²) in [6, 6.07) is 8.32. The first-order valence-corrected chi connectivity index (χ1v) is 5.65. The number of benzene rings is 1. The molecule has 3 N–H and O–H groups in total. The molecule has 0 aliphatic heterocycles. The summed E-state index contributed by atoms with van der Waals surface area (Å²) in [5.74, 6) is -0.403. The average molecular weight is 246 g/mol. The van der Waals surface area contributed by atoms with Gasteiger partial charge in [-0.05, 0) is 24.4 Å². The molecule has 5 heteroatoms. The molecule has 0 saturated carbocycles. The Hall–Kier alpha value is -2.14. The minimum atomic E-state index is -0.403. The fourth-order valence-corrected chi connectivity index (χ4v) is 1.68. The monoisotopic (exact) mass is 246 g/mol. The van der Waals surface area contributed by atoms with E-state index in [1.165, 1.54) is 0 Å². The third kappa shape index (κ3) is 2.41. The van der Waals surface area contributed by atoms with E-state index in [1.54, 1.807) is 37.3 Å². The Morgan fingerprint density at radius 1 is 1.44 bits per heavy atom. The molecule has 0 radical (unpaired) electrons. The van der Waals surface area contributed by atoms with Gasteiger partial charge in [0.05, 0.1) is 6.61 Å². The Bertz CT molecular complexity index is 633. The lowest BCUT2D eigenvalue weighted by Gasteiger charge is -2.10. The molecule has 1 amide bonds. The van der Waals surface area contributed by atoms with E-state index in [4.69, 9.17) is 5.11 Å². The molecule has 0 saturated heterocycles. The molecule has 1 heterocycles. The van der Waals surface area contributed by atoms with Gasteiger partial charge in [-0.2, -0.15) is 0 Å². The van der Waals surface area contributed by atoms with Gasteiger partial charge in [0, 0.05) is 11.4 Å². The first-order valence-electron chi connectivity index (χ1n) is 5.65. The number of aliphatic hydroxyl groups is 1. The van der Waals surface area contributed by atoms with Gasteiger partial charge in [0.25, 0.3) is 11.5 Å². The highest BCUT2D eigenvalue weighted by molar-refractivity contribution is 5.96. The van der Waals surface area contributed by atoms with E-state index in [0.29, 0.717) is 10.8 Å². The maximum absolute atomic E-state index is 11.8. The second kappa shape index (κ2) is 5.01. The van der Waals surface area contributed by atoms with Crippen molar-refractivity contribution in [1.82, 2.24) is 10.3 Å². The van der Waals surface area contributed by atoms with E-state index < -0.39 is 5.91 Å². The predicted octanol–water partition coefficient (Wildman–Crippen LogP) is 0.639. The highest BCUT2D eigenvalue weighted by Crippen LogP contribution is 2.09. The molecule has 0 fully saturated rings. The fraction of sp³-hybridized carbons (Fsp3) is 0.231. The summed E-state index contributed by atoms with van der Waals surface area (Å²) < 4.78 is 0. The van der Waals surface area contributed by atoms with Crippen molar-refractivity contribution in [2.24, 2.45) is 0 Å². The zero-order valence-corrected chi connectivity index (χ0v) is 9.93. The van der Waals surface area contributed by atoms with Crippen LogP contribution in [0.4, 0.5) is 0 Å². The summed E-state index contributed by atoms with van der Waals surface area (Å²) in [4.78, 5) is 26.1. The molecule has 0 aliphatic carbocycles. The molecule has 0 spiro atoms. The molecular formula is C13H14N2O3. The summed E-state index contributed by atoms with van der Waals surface area (Å²) in [6.45, 7) is 1.53. The number of amides is 1. The quantitative estimate of drug-likeness (QED) is 0.743. The summed E-state index contributed by atoms with van der Waals surface area (Å²) in [5.41, 5.74) is -0.103. The van der Waals surface area contributed by atoms with E-state index >= 15 is 0 Å². The molecule has 2 rings (SSSR count). The number of aromatic nitrogens is 1. The zero-order chi connectivity index (χ0) is 13.1. The third-order valence-corrected chi connectivity index (χ3v) is 2.65. The first kappa shape index (κ1) is 12.3. The van der Waals surface area contributed by atoms with Crippen LogP contribution >= 0.6 is 0 Å². The van der Waals surface area contributed by atoms with E-state index in [2.05, 4.69) is 10.3 Å². The Kier molecular flexibility index (Phi) is 3.43. The SMILES string of the molecule is C[C@@H](CO)NC(=O)c1cc2ccccc2c(=O)[nH]1. The number of pyridine rings is 1. The average Bonchev–Trinajstić information content (AvgIpc) is 2.38. The van der Waals surface area contributed by atoms with Crippen LogP contribution in [-0.4, -0.2) is 28.6 Å². The first-order chi connectivity index (χ1) is 8.61. The number of H-pyrrole nitrogens is 1. The van der Waals surface area contributed by atoms with E-state index in [0.717, 1.165) is 0 Å². The Balaban J connectivity index is 2.41. The van der Waals surface area contributed by atoms with Crippen molar-refractivity contribution in [1.29, 1.82) is 0 Å². The molecule has 1 aromatic carbocycles. The molecule has 1 atom stereocenters. The summed E-state index contributed by atoms with van der Waals surface area (Å²) in [7, 11) is 0. The highest BCUT2D eigenvalue weighted by atomic mass is 16.3. The Morgan fingerprint density at radius 2 is 2.17 bits per heavy atom. The smallest absolute Gasteiger partial charge is 0.268 e. The van der Waals surface area contributed by atoms with Crippen LogP contribution in [0.25, 0.3) is 10.8 Å². The van der Waals surface area contributed by atoms with Crippen LogP contribution in [0, 0.1) is 0 Å². The van der Waals surface area contributed by atoms with E-state index in [1.807, 2.05) is 0 Å². The number of hydrogen-bond donors (Lipinski definition) is 3. The van der Waals surface area contributed by atoms with Gasteiger partial charge >= 0.3 is 0 Å². The molecule has 0 bridgehead atoms. The van der Waals surface area contributed by atoms with Crippen molar-refractivity contribution >= 4 is 16.7 Å². The zero-order valence-electron chi connectivity index (χ0n) is 9.93. The van der Waals surface area contributed by atoms with Crippen molar-refractivity contribution in [2.45, 2.75) is 13.0 Å². The molecular weight excluding hydrogens is 232 g/mol. The number of carbonyl (C=O) groups excluding carboxylic acids is 1. The molecule has 0 unspecified atom stereocenters. The lowest BCUT2D eigenvalue weighted by atomic mass is 10.1. The van der Waals surface area contributed by atoms with Crippen LogP contribution in [0.5, 0.6) is 0 Å².